The summed E-state index contributed by atoms with van der Waals surface area (Å²) in [6.07, 6.45) is 1.78. The lowest BCUT2D eigenvalue weighted by atomic mass is 9.91. The van der Waals surface area contributed by atoms with E-state index in [-0.39, 0.29) is 0 Å². The molecule has 1 atom stereocenters. The second-order valence-electron chi connectivity index (χ2n) is 4.82. The molecule has 100 valence electrons. The zero-order chi connectivity index (χ0) is 13.7. The van der Waals surface area contributed by atoms with Crippen molar-refractivity contribution >= 4 is 17.2 Å². The van der Waals surface area contributed by atoms with E-state index >= 15 is 0 Å². The molecule has 0 aromatic heterocycles. The van der Waals surface area contributed by atoms with Crippen LogP contribution in [0.3, 0.4) is 0 Å². The van der Waals surface area contributed by atoms with Gasteiger partial charge in [-0.1, -0.05) is 32.1 Å². The summed E-state index contributed by atoms with van der Waals surface area (Å²) in [5.74, 6) is 1.35. The molecule has 0 fully saturated rings. The van der Waals surface area contributed by atoms with Gasteiger partial charge in [-0.15, -0.1) is 0 Å². The smallest absolute Gasteiger partial charge is 0.122 e. The van der Waals surface area contributed by atoms with E-state index in [0.29, 0.717) is 10.9 Å². The Balaban J connectivity index is 2.96. The maximum absolute atomic E-state index is 5.73. The number of ether oxygens (including phenoxy) is 1. The second-order valence-corrected chi connectivity index (χ2v) is 5.35. The van der Waals surface area contributed by atoms with Crippen molar-refractivity contribution in [2.24, 2.45) is 5.73 Å². The third-order valence-corrected chi connectivity index (χ3v) is 3.45. The lowest BCUT2D eigenvalue weighted by molar-refractivity contribution is 0.315. The summed E-state index contributed by atoms with van der Waals surface area (Å²) in [7, 11) is 0. The highest BCUT2D eigenvalue weighted by molar-refractivity contribution is 7.80. The minimum atomic E-state index is 0.362. The van der Waals surface area contributed by atoms with Crippen LogP contribution in [0, 0.1) is 13.8 Å². The first-order chi connectivity index (χ1) is 8.47. The normalized spacial score (nSPS) is 12.2. The van der Waals surface area contributed by atoms with Crippen LogP contribution in [0.1, 0.15) is 49.3 Å². The molecular weight excluding hydrogens is 242 g/mol. The molecule has 0 radical (unpaired) electrons. The number of hydrogen-bond acceptors (Lipinski definition) is 2. The Kier molecular flexibility index (Phi) is 5.60. The molecule has 0 amide bonds. The lowest BCUT2D eigenvalue weighted by Gasteiger charge is -2.18. The van der Waals surface area contributed by atoms with Gasteiger partial charge in [0.1, 0.15) is 5.75 Å². The van der Waals surface area contributed by atoms with Gasteiger partial charge in [0.2, 0.25) is 0 Å². The molecule has 18 heavy (non-hydrogen) atoms. The van der Waals surface area contributed by atoms with Gasteiger partial charge < -0.3 is 10.5 Å². The number of benzene rings is 1. The van der Waals surface area contributed by atoms with E-state index in [1.807, 2.05) is 0 Å². The summed E-state index contributed by atoms with van der Waals surface area (Å²) in [5, 5.41) is 0. The first-order valence-electron chi connectivity index (χ1n) is 6.48. The van der Waals surface area contributed by atoms with Crippen molar-refractivity contribution in [1.82, 2.24) is 0 Å². The van der Waals surface area contributed by atoms with Crippen molar-refractivity contribution < 1.29 is 4.74 Å². The monoisotopic (exact) mass is 265 g/mol. The Morgan fingerprint density at radius 2 is 2.00 bits per heavy atom. The zero-order valence-corrected chi connectivity index (χ0v) is 12.6. The van der Waals surface area contributed by atoms with E-state index in [0.717, 1.165) is 25.2 Å². The first-order valence-corrected chi connectivity index (χ1v) is 6.89. The van der Waals surface area contributed by atoms with E-state index in [2.05, 4.69) is 39.8 Å². The molecule has 0 aliphatic heterocycles. The molecule has 0 saturated heterocycles. The van der Waals surface area contributed by atoms with Crippen LogP contribution in [-0.4, -0.2) is 11.6 Å². The molecule has 0 aliphatic rings. The molecule has 3 heteroatoms. The minimum absolute atomic E-state index is 0.362. The topological polar surface area (TPSA) is 35.2 Å². The van der Waals surface area contributed by atoms with Crippen LogP contribution in [0.15, 0.2) is 12.1 Å². The van der Waals surface area contributed by atoms with Gasteiger partial charge in [0.25, 0.3) is 0 Å². The van der Waals surface area contributed by atoms with E-state index in [1.165, 1.54) is 16.7 Å². The van der Waals surface area contributed by atoms with Crippen LogP contribution in [0.5, 0.6) is 5.75 Å². The molecule has 1 aromatic rings. The van der Waals surface area contributed by atoms with E-state index < -0.39 is 0 Å². The molecule has 1 rings (SSSR count). The summed E-state index contributed by atoms with van der Waals surface area (Å²) >= 11 is 4.98. The molecule has 1 unspecified atom stereocenters. The second kappa shape index (κ2) is 6.74. The molecule has 2 N–H and O–H groups in total. The molecule has 1 aromatic carbocycles. The van der Waals surface area contributed by atoms with Crippen LogP contribution in [-0.2, 0) is 0 Å². The van der Waals surface area contributed by atoms with Crippen molar-refractivity contribution in [1.29, 1.82) is 0 Å². The molecule has 0 bridgehead atoms. The molecule has 2 nitrogen and oxygen atoms in total. The maximum Gasteiger partial charge on any atom is 0.122 e. The zero-order valence-electron chi connectivity index (χ0n) is 11.7. The van der Waals surface area contributed by atoms with Gasteiger partial charge in [-0.3, -0.25) is 0 Å². The number of hydrogen-bond donors (Lipinski definition) is 1. The summed E-state index contributed by atoms with van der Waals surface area (Å²) in [6.45, 7) is 9.28. The lowest BCUT2D eigenvalue weighted by Crippen LogP contribution is -2.12. The van der Waals surface area contributed by atoms with Crippen molar-refractivity contribution in [2.45, 2.75) is 46.5 Å². The van der Waals surface area contributed by atoms with Crippen molar-refractivity contribution in [3.8, 4) is 5.75 Å². The van der Waals surface area contributed by atoms with Gasteiger partial charge in [-0.2, -0.15) is 0 Å². The van der Waals surface area contributed by atoms with Crippen LogP contribution >= 0.6 is 12.2 Å². The Hall–Kier alpha value is -1.09. The van der Waals surface area contributed by atoms with Crippen molar-refractivity contribution in [3.63, 3.8) is 0 Å². The highest BCUT2D eigenvalue weighted by atomic mass is 32.1. The average molecular weight is 265 g/mol. The van der Waals surface area contributed by atoms with Gasteiger partial charge in [0, 0.05) is 6.42 Å². The minimum Gasteiger partial charge on any atom is -0.493 e. The highest BCUT2D eigenvalue weighted by Gasteiger charge is 2.13. The largest absolute Gasteiger partial charge is 0.493 e. The number of rotatable bonds is 6. The fourth-order valence-corrected chi connectivity index (χ4v) is 2.38. The van der Waals surface area contributed by atoms with E-state index in [1.54, 1.807) is 0 Å². The van der Waals surface area contributed by atoms with Gasteiger partial charge in [0.15, 0.2) is 0 Å². The molecular formula is C15H23NOS. The Labute approximate surface area is 116 Å². The molecule has 0 spiro atoms. The summed E-state index contributed by atoms with van der Waals surface area (Å²) in [6, 6.07) is 4.19. The van der Waals surface area contributed by atoms with Crippen LogP contribution < -0.4 is 10.5 Å². The van der Waals surface area contributed by atoms with Crippen LogP contribution in [0.4, 0.5) is 0 Å². The van der Waals surface area contributed by atoms with Gasteiger partial charge in [-0.05, 0) is 48.9 Å². The van der Waals surface area contributed by atoms with Crippen LogP contribution in [0.25, 0.3) is 0 Å². The highest BCUT2D eigenvalue weighted by Crippen LogP contribution is 2.30. The molecule has 0 aliphatic carbocycles. The number of thiocarbonyl (C=S) groups is 1. The summed E-state index contributed by atoms with van der Waals surface area (Å²) in [5.41, 5.74) is 9.43. The fraction of sp³-hybridized carbons (Fsp3) is 0.533. The van der Waals surface area contributed by atoms with E-state index in [4.69, 9.17) is 22.7 Å². The van der Waals surface area contributed by atoms with Crippen molar-refractivity contribution in [3.05, 3.63) is 28.8 Å². The Morgan fingerprint density at radius 3 is 2.56 bits per heavy atom. The summed E-state index contributed by atoms with van der Waals surface area (Å²) in [4.78, 5) is 0.575. The van der Waals surface area contributed by atoms with E-state index in [9.17, 15) is 0 Å². The van der Waals surface area contributed by atoms with Gasteiger partial charge in [-0.25, -0.2) is 0 Å². The quantitative estimate of drug-likeness (QED) is 0.793. The van der Waals surface area contributed by atoms with Gasteiger partial charge >= 0.3 is 0 Å². The predicted molar refractivity (Wildman–Crippen MR) is 81.5 cm³/mol. The first kappa shape index (κ1) is 15.0. The average Bonchev–Trinajstić information content (AvgIpc) is 2.30. The number of nitrogens with two attached hydrogens (primary N) is 1. The SMILES string of the molecule is CCCOc1ccc(C(C)CC(N)=S)c(C)c1C. The Morgan fingerprint density at radius 1 is 1.33 bits per heavy atom. The van der Waals surface area contributed by atoms with Gasteiger partial charge in [0.05, 0.1) is 11.6 Å². The molecule has 0 heterocycles. The molecule has 0 saturated carbocycles. The van der Waals surface area contributed by atoms with Crippen LogP contribution in [0.2, 0.25) is 0 Å². The predicted octanol–water partition coefficient (Wildman–Crippen LogP) is 3.87. The fourth-order valence-electron chi connectivity index (χ4n) is 2.13. The van der Waals surface area contributed by atoms with Crippen molar-refractivity contribution in [2.75, 3.05) is 6.61 Å². The summed E-state index contributed by atoms with van der Waals surface area (Å²) < 4.78 is 5.73. The Bertz CT molecular complexity index is 429. The third-order valence-electron chi connectivity index (χ3n) is 3.28. The third kappa shape index (κ3) is 3.70. The standard InChI is InChI=1S/C15H23NOS/c1-5-8-17-14-7-6-13(11(3)12(14)4)10(2)9-15(16)18/h6-7,10H,5,8-9H2,1-4H3,(H2,16,18). The maximum atomic E-state index is 5.73.